The molecule has 0 saturated carbocycles. The standard InChI is InChI=1S/C18H36O2.C5H10O2/c1-2-3-4-5-6-7-8-9-10-11-12-13-14-15-16-17-18(19)20;1-5(2,3)4(6)7/h2-17H2,1H3,(H,19,20);1-3H3,(H,6,7). The molecule has 0 aliphatic rings. The molecule has 0 atom stereocenters. The molecule has 0 aliphatic heterocycles. The van der Waals surface area contributed by atoms with Gasteiger partial charge in [0.2, 0.25) is 0 Å². The van der Waals surface area contributed by atoms with Crippen molar-refractivity contribution < 1.29 is 19.8 Å². The van der Waals surface area contributed by atoms with Crippen molar-refractivity contribution >= 4 is 11.9 Å². The molecular weight excluding hydrogens is 340 g/mol. The van der Waals surface area contributed by atoms with E-state index in [2.05, 4.69) is 6.92 Å². The molecule has 0 radical (unpaired) electrons. The molecule has 0 rings (SSSR count). The number of hydrogen-bond donors (Lipinski definition) is 2. The Bertz CT molecular complexity index is 345. The van der Waals surface area contributed by atoms with Crippen LogP contribution in [0.3, 0.4) is 0 Å². The quantitative estimate of drug-likeness (QED) is 0.270. The third-order valence-corrected chi connectivity index (χ3v) is 4.64. The summed E-state index contributed by atoms with van der Waals surface area (Å²) >= 11 is 0. The maximum absolute atomic E-state index is 10.3. The number of carboxylic acids is 2. The molecule has 0 spiro atoms. The summed E-state index contributed by atoms with van der Waals surface area (Å²) in [6.45, 7) is 7.26. The number of unbranched alkanes of at least 4 members (excludes halogenated alkanes) is 14. The number of carbonyl (C=O) groups is 2. The molecule has 0 aliphatic carbocycles. The Morgan fingerprint density at radius 1 is 0.593 bits per heavy atom. The first-order chi connectivity index (χ1) is 12.7. The Morgan fingerprint density at radius 3 is 1.07 bits per heavy atom. The van der Waals surface area contributed by atoms with Crippen molar-refractivity contribution in [3.63, 3.8) is 0 Å². The van der Waals surface area contributed by atoms with Gasteiger partial charge in [0.1, 0.15) is 0 Å². The average molecular weight is 387 g/mol. The number of rotatable bonds is 16. The van der Waals surface area contributed by atoms with E-state index < -0.39 is 17.4 Å². The molecule has 0 aromatic carbocycles. The predicted octanol–water partition coefficient (Wildman–Crippen LogP) is 7.45. The van der Waals surface area contributed by atoms with Gasteiger partial charge in [-0.3, -0.25) is 9.59 Å². The molecule has 0 aromatic heterocycles. The summed E-state index contributed by atoms with van der Waals surface area (Å²) in [5.74, 6) is -1.41. The Hall–Kier alpha value is -1.06. The van der Waals surface area contributed by atoms with Gasteiger partial charge in [-0.15, -0.1) is 0 Å². The molecule has 4 heteroatoms. The zero-order chi connectivity index (χ0) is 21.0. The number of carboxylic acid groups (broad SMARTS) is 2. The summed E-state index contributed by atoms with van der Waals surface area (Å²) < 4.78 is 0. The molecule has 0 amide bonds. The lowest BCUT2D eigenvalue weighted by Crippen LogP contribution is -2.18. The van der Waals surface area contributed by atoms with E-state index in [0.717, 1.165) is 12.8 Å². The second-order valence-electron chi connectivity index (χ2n) is 8.65. The first-order valence-corrected chi connectivity index (χ1v) is 11.2. The van der Waals surface area contributed by atoms with E-state index in [-0.39, 0.29) is 0 Å². The molecule has 0 saturated heterocycles. The topological polar surface area (TPSA) is 74.6 Å². The fourth-order valence-electron chi connectivity index (χ4n) is 2.65. The summed E-state index contributed by atoms with van der Waals surface area (Å²) in [6, 6.07) is 0. The third kappa shape index (κ3) is 27.3. The lowest BCUT2D eigenvalue weighted by molar-refractivity contribution is -0.145. The number of aliphatic carboxylic acids is 2. The van der Waals surface area contributed by atoms with Gasteiger partial charge >= 0.3 is 11.9 Å². The van der Waals surface area contributed by atoms with Crippen LogP contribution < -0.4 is 0 Å². The molecule has 2 N–H and O–H groups in total. The van der Waals surface area contributed by atoms with Crippen molar-refractivity contribution in [3.05, 3.63) is 0 Å². The molecular formula is C23H46O4. The van der Waals surface area contributed by atoms with E-state index in [0.29, 0.717) is 6.42 Å². The summed E-state index contributed by atoms with van der Waals surface area (Å²) in [5, 5.41) is 16.8. The van der Waals surface area contributed by atoms with Crippen LogP contribution >= 0.6 is 0 Å². The van der Waals surface area contributed by atoms with Gasteiger partial charge in [0.15, 0.2) is 0 Å². The summed E-state index contributed by atoms with van der Waals surface area (Å²) in [7, 11) is 0. The van der Waals surface area contributed by atoms with E-state index in [1.54, 1.807) is 20.8 Å². The first kappa shape index (κ1) is 28.2. The van der Waals surface area contributed by atoms with Crippen molar-refractivity contribution in [1.82, 2.24) is 0 Å². The minimum absolute atomic E-state index is 0.345. The van der Waals surface area contributed by atoms with E-state index in [1.807, 2.05) is 0 Å². The van der Waals surface area contributed by atoms with E-state index in [4.69, 9.17) is 10.2 Å². The Balaban J connectivity index is 0. The zero-order valence-corrected chi connectivity index (χ0v) is 18.5. The highest BCUT2D eigenvalue weighted by Gasteiger charge is 2.18. The highest BCUT2D eigenvalue weighted by molar-refractivity contribution is 5.72. The van der Waals surface area contributed by atoms with Crippen molar-refractivity contribution in [2.75, 3.05) is 0 Å². The largest absolute Gasteiger partial charge is 0.481 e. The van der Waals surface area contributed by atoms with Gasteiger partial charge in [-0.25, -0.2) is 0 Å². The van der Waals surface area contributed by atoms with Crippen LogP contribution in [0.1, 0.15) is 130 Å². The van der Waals surface area contributed by atoms with Gasteiger partial charge in [0, 0.05) is 6.42 Å². The van der Waals surface area contributed by atoms with Crippen molar-refractivity contribution in [2.45, 2.75) is 130 Å². The van der Waals surface area contributed by atoms with Crippen LogP contribution in [0.4, 0.5) is 0 Å². The molecule has 0 aromatic rings. The highest BCUT2D eigenvalue weighted by Crippen LogP contribution is 2.13. The van der Waals surface area contributed by atoms with E-state index >= 15 is 0 Å². The van der Waals surface area contributed by atoms with Crippen molar-refractivity contribution in [2.24, 2.45) is 5.41 Å². The SMILES string of the molecule is CC(C)(C)C(=O)O.CCCCCCCCCCCCCCCCCC(=O)O. The zero-order valence-electron chi connectivity index (χ0n) is 18.5. The van der Waals surface area contributed by atoms with Gasteiger partial charge in [-0.05, 0) is 27.2 Å². The number of hydrogen-bond acceptors (Lipinski definition) is 2. The summed E-state index contributed by atoms with van der Waals surface area (Å²) in [5.41, 5.74) is -0.583. The van der Waals surface area contributed by atoms with E-state index in [9.17, 15) is 9.59 Å². The Kier molecular flexibility index (Phi) is 20.5. The lowest BCUT2D eigenvalue weighted by atomic mass is 9.98. The Morgan fingerprint density at radius 2 is 0.852 bits per heavy atom. The lowest BCUT2D eigenvalue weighted by Gasteiger charge is -2.08. The van der Waals surface area contributed by atoms with Gasteiger partial charge < -0.3 is 10.2 Å². The average Bonchev–Trinajstić information content (AvgIpc) is 2.57. The van der Waals surface area contributed by atoms with Gasteiger partial charge in [-0.1, -0.05) is 96.8 Å². The van der Waals surface area contributed by atoms with Gasteiger partial charge in [0.05, 0.1) is 5.41 Å². The minimum atomic E-state index is -0.757. The molecule has 0 fully saturated rings. The van der Waals surface area contributed by atoms with Gasteiger partial charge in [0.25, 0.3) is 0 Å². The van der Waals surface area contributed by atoms with Crippen LogP contribution in [-0.2, 0) is 9.59 Å². The molecule has 162 valence electrons. The smallest absolute Gasteiger partial charge is 0.308 e. The summed E-state index contributed by atoms with van der Waals surface area (Å²) in [4.78, 5) is 20.4. The van der Waals surface area contributed by atoms with Crippen LogP contribution in [0.15, 0.2) is 0 Å². The van der Waals surface area contributed by atoms with Crippen LogP contribution in [-0.4, -0.2) is 22.2 Å². The maximum atomic E-state index is 10.3. The van der Waals surface area contributed by atoms with Crippen LogP contribution in [0.25, 0.3) is 0 Å². The fourth-order valence-corrected chi connectivity index (χ4v) is 2.65. The maximum Gasteiger partial charge on any atom is 0.308 e. The molecule has 0 unspecified atom stereocenters. The summed E-state index contributed by atoms with van der Waals surface area (Å²) in [6.07, 6.45) is 20.2. The van der Waals surface area contributed by atoms with Crippen LogP contribution in [0.5, 0.6) is 0 Å². The predicted molar refractivity (Wildman–Crippen MR) is 114 cm³/mol. The first-order valence-electron chi connectivity index (χ1n) is 11.2. The normalized spacial score (nSPS) is 11.0. The van der Waals surface area contributed by atoms with E-state index in [1.165, 1.54) is 83.5 Å². The minimum Gasteiger partial charge on any atom is -0.481 e. The monoisotopic (exact) mass is 386 g/mol. The van der Waals surface area contributed by atoms with Gasteiger partial charge in [-0.2, -0.15) is 0 Å². The molecule has 4 nitrogen and oxygen atoms in total. The van der Waals surface area contributed by atoms with Crippen LogP contribution in [0.2, 0.25) is 0 Å². The molecule has 27 heavy (non-hydrogen) atoms. The van der Waals surface area contributed by atoms with Crippen LogP contribution in [0, 0.1) is 5.41 Å². The second-order valence-corrected chi connectivity index (χ2v) is 8.65. The Labute approximate surface area is 168 Å². The molecule has 0 heterocycles. The van der Waals surface area contributed by atoms with Crippen molar-refractivity contribution in [3.8, 4) is 0 Å². The second kappa shape index (κ2) is 19.7. The third-order valence-electron chi connectivity index (χ3n) is 4.64. The highest BCUT2D eigenvalue weighted by atomic mass is 16.4. The van der Waals surface area contributed by atoms with Crippen molar-refractivity contribution in [1.29, 1.82) is 0 Å². The molecule has 0 bridgehead atoms. The fraction of sp³-hybridized carbons (Fsp3) is 0.913.